The molecule has 8 nitrogen and oxygen atoms in total. The Balaban J connectivity index is 1.52. The second-order valence-electron chi connectivity index (χ2n) is 8.99. The van der Waals surface area contributed by atoms with Crippen LogP contribution in [0.25, 0.3) is 0 Å². The Bertz CT molecular complexity index is 1080. The van der Waals surface area contributed by atoms with Gasteiger partial charge in [0, 0.05) is 50.2 Å². The van der Waals surface area contributed by atoms with Crippen LogP contribution in [0.5, 0.6) is 0 Å². The molecule has 2 aromatic rings. The van der Waals surface area contributed by atoms with Crippen molar-refractivity contribution in [2.75, 3.05) is 31.1 Å². The number of carbonyl (C=O) groups is 3. The first kappa shape index (κ1) is 22.9. The van der Waals surface area contributed by atoms with E-state index in [0.29, 0.717) is 38.3 Å². The maximum atomic E-state index is 12.8. The van der Waals surface area contributed by atoms with Gasteiger partial charge in [0.2, 0.25) is 17.7 Å². The number of carbonyl (C=O) groups excluding carboxylic acids is 3. The molecule has 0 saturated carbocycles. The van der Waals surface area contributed by atoms with E-state index in [1.54, 1.807) is 4.90 Å². The van der Waals surface area contributed by atoms with Gasteiger partial charge in [0.25, 0.3) is 0 Å². The van der Waals surface area contributed by atoms with E-state index in [4.69, 9.17) is 9.97 Å². The number of rotatable bonds is 6. The Morgan fingerprint density at radius 2 is 2.00 bits per heavy atom. The van der Waals surface area contributed by atoms with E-state index < -0.39 is 0 Å². The number of hydrogen-bond donors (Lipinski definition) is 1. The molecule has 1 aromatic carbocycles. The van der Waals surface area contributed by atoms with Crippen LogP contribution in [0.4, 0.5) is 5.82 Å². The summed E-state index contributed by atoms with van der Waals surface area (Å²) in [5.41, 5.74) is 4.35. The minimum atomic E-state index is -0.219. The summed E-state index contributed by atoms with van der Waals surface area (Å²) in [6, 6.07) is 8.35. The average Bonchev–Trinajstić information content (AvgIpc) is 3.27. The van der Waals surface area contributed by atoms with E-state index in [1.807, 2.05) is 17.9 Å². The second-order valence-corrected chi connectivity index (χ2v) is 8.99. The molecule has 2 aliphatic heterocycles. The van der Waals surface area contributed by atoms with Crippen LogP contribution in [0, 0.1) is 13.8 Å². The molecule has 1 atom stereocenters. The van der Waals surface area contributed by atoms with Crippen LogP contribution in [-0.4, -0.2) is 58.8 Å². The van der Waals surface area contributed by atoms with Gasteiger partial charge in [0.15, 0.2) is 0 Å². The number of aryl methyl sites for hydroxylation is 2. The smallest absolute Gasteiger partial charge is 0.241 e. The van der Waals surface area contributed by atoms with Gasteiger partial charge in [0.05, 0.1) is 6.54 Å². The summed E-state index contributed by atoms with van der Waals surface area (Å²) in [6.45, 7) is 7.17. The molecular weight excluding hydrogens is 418 g/mol. The van der Waals surface area contributed by atoms with Crippen molar-refractivity contribution < 1.29 is 14.4 Å². The molecule has 4 rings (SSSR count). The highest BCUT2D eigenvalue weighted by Crippen LogP contribution is 2.32. The summed E-state index contributed by atoms with van der Waals surface area (Å²) < 4.78 is 0. The van der Waals surface area contributed by atoms with Crippen molar-refractivity contribution in [1.29, 1.82) is 0 Å². The van der Waals surface area contributed by atoms with Gasteiger partial charge in [-0.2, -0.15) is 0 Å². The summed E-state index contributed by atoms with van der Waals surface area (Å²) >= 11 is 0. The average molecular weight is 450 g/mol. The first-order chi connectivity index (χ1) is 15.8. The molecule has 8 heteroatoms. The highest BCUT2D eigenvalue weighted by Gasteiger charge is 2.33. The molecule has 3 heterocycles. The topological polar surface area (TPSA) is 95.5 Å². The number of aromatic nitrogens is 2. The number of nitrogens with zero attached hydrogens (tertiary/aromatic N) is 4. The summed E-state index contributed by atoms with van der Waals surface area (Å²) in [7, 11) is 0. The first-order valence-corrected chi connectivity index (χ1v) is 11.6. The van der Waals surface area contributed by atoms with Crippen molar-refractivity contribution in [3.8, 4) is 0 Å². The molecule has 0 bridgehead atoms. The number of fused-ring (bicyclic) bond motifs is 1. The number of benzene rings is 1. The third-order valence-electron chi connectivity index (χ3n) is 6.46. The number of anilines is 1. The van der Waals surface area contributed by atoms with Gasteiger partial charge in [-0.05, 0) is 38.7 Å². The van der Waals surface area contributed by atoms with Gasteiger partial charge in [-0.25, -0.2) is 9.97 Å². The van der Waals surface area contributed by atoms with Crippen molar-refractivity contribution in [2.24, 2.45) is 0 Å². The van der Waals surface area contributed by atoms with Crippen molar-refractivity contribution in [2.45, 2.75) is 52.4 Å². The van der Waals surface area contributed by atoms with Gasteiger partial charge in [-0.1, -0.05) is 29.8 Å². The lowest BCUT2D eigenvalue weighted by atomic mass is 10.0. The molecule has 174 valence electrons. The molecular formula is C25H31N5O3. The van der Waals surface area contributed by atoms with Crippen LogP contribution in [0.15, 0.2) is 24.3 Å². The quantitative estimate of drug-likeness (QED) is 0.728. The van der Waals surface area contributed by atoms with Crippen LogP contribution in [0.3, 0.4) is 0 Å². The lowest BCUT2D eigenvalue weighted by molar-refractivity contribution is -0.131. The zero-order chi connectivity index (χ0) is 23.5. The van der Waals surface area contributed by atoms with E-state index >= 15 is 0 Å². The maximum absolute atomic E-state index is 12.8. The van der Waals surface area contributed by atoms with E-state index in [-0.39, 0.29) is 30.2 Å². The highest BCUT2D eigenvalue weighted by atomic mass is 16.2. The number of nitrogens with one attached hydrogen (secondary N) is 1. The standard InChI is InChI=1S/C25H31N5O3/c1-16-5-4-6-19(13-16)9-12-30-22(32)8-7-21-17(2)27-24(28-25(21)30)20-10-11-29(15-20)23(33)14-26-18(3)31/h4-6,13,20H,7-12,14-15H2,1-3H3,(H,26,31)/t20-/m0/s1. The molecule has 0 spiro atoms. The zero-order valence-electron chi connectivity index (χ0n) is 19.6. The highest BCUT2D eigenvalue weighted by molar-refractivity contribution is 5.95. The molecule has 1 N–H and O–H groups in total. The van der Waals surface area contributed by atoms with Gasteiger partial charge >= 0.3 is 0 Å². The predicted molar refractivity (Wildman–Crippen MR) is 125 cm³/mol. The fraction of sp³-hybridized carbons (Fsp3) is 0.480. The van der Waals surface area contributed by atoms with Crippen molar-refractivity contribution in [3.05, 3.63) is 52.5 Å². The Morgan fingerprint density at radius 1 is 1.18 bits per heavy atom. The van der Waals surface area contributed by atoms with Gasteiger partial charge in [-0.15, -0.1) is 0 Å². The SMILES string of the molecule is CC(=O)NCC(=O)N1CC[C@H](c2nc(C)c3c(n2)N(CCc2cccc(C)c2)C(=O)CC3)C1. The van der Waals surface area contributed by atoms with E-state index in [2.05, 4.69) is 30.4 Å². The van der Waals surface area contributed by atoms with Crippen molar-refractivity contribution in [3.63, 3.8) is 0 Å². The number of likely N-dealkylation sites (tertiary alicyclic amines) is 1. The minimum Gasteiger partial charge on any atom is -0.347 e. The monoisotopic (exact) mass is 449 g/mol. The molecule has 1 aromatic heterocycles. The first-order valence-electron chi connectivity index (χ1n) is 11.6. The van der Waals surface area contributed by atoms with Crippen LogP contribution < -0.4 is 10.2 Å². The fourth-order valence-corrected chi connectivity index (χ4v) is 4.63. The second kappa shape index (κ2) is 9.68. The van der Waals surface area contributed by atoms with Crippen LogP contribution in [0.2, 0.25) is 0 Å². The van der Waals surface area contributed by atoms with E-state index in [0.717, 1.165) is 29.9 Å². The molecule has 0 unspecified atom stereocenters. The van der Waals surface area contributed by atoms with Gasteiger partial charge in [0.1, 0.15) is 11.6 Å². The normalized spacial score (nSPS) is 17.8. The minimum absolute atomic E-state index is 0.00731. The fourth-order valence-electron chi connectivity index (χ4n) is 4.63. The maximum Gasteiger partial charge on any atom is 0.241 e. The summed E-state index contributed by atoms with van der Waals surface area (Å²) in [6.07, 6.45) is 2.66. The van der Waals surface area contributed by atoms with Gasteiger partial charge in [-0.3, -0.25) is 19.3 Å². The largest absolute Gasteiger partial charge is 0.347 e. The molecule has 2 aliphatic rings. The molecule has 0 aliphatic carbocycles. The molecule has 0 radical (unpaired) electrons. The molecule has 3 amide bonds. The van der Waals surface area contributed by atoms with Crippen LogP contribution in [-0.2, 0) is 27.2 Å². The Hall–Kier alpha value is -3.29. The number of hydrogen-bond acceptors (Lipinski definition) is 5. The summed E-state index contributed by atoms with van der Waals surface area (Å²) in [5.74, 6) is 1.21. The summed E-state index contributed by atoms with van der Waals surface area (Å²) in [4.78, 5) is 49.5. The van der Waals surface area contributed by atoms with Crippen molar-refractivity contribution >= 4 is 23.5 Å². The zero-order valence-corrected chi connectivity index (χ0v) is 19.6. The molecule has 1 saturated heterocycles. The van der Waals surface area contributed by atoms with Crippen LogP contribution >= 0.6 is 0 Å². The van der Waals surface area contributed by atoms with E-state index in [9.17, 15) is 14.4 Å². The Labute approximate surface area is 194 Å². The summed E-state index contributed by atoms with van der Waals surface area (Å²) in [5, 5.41) is 2.56. The third-order valence-corrected chi connectivity index (χ3v) is 6.46. The van der Waals surface area contributed by atoms with Crippen LogP contribution in [0.1, 0.15) is 53.9 Å². The van der Waals surface area contributed by atoms with E-state index in [1.165, 1.54) is 18.1 Å². The third kappa shape index (κ3) is 5.21. The van der Waals surface area contributed by atoms with Crippen molar-refractivity contribution in [1.82, 2.24) is 20.2 Å². The van der Waals surface area contributed by atoms with Gasteiger partial charge < -0.3 is 10.2 Å². The molecule has 1 fully saturated rings. The lowest BCUT2D eigenvalue weighted by Gasteiger charge is -2.30. The lowest BCUT2D eigenvalue weighted by Crippen LogP contribution is -2.39. The predicted octanol–water partition coefficient (Wildman–Crippen LogP) is 2.07. The molecule has 33 heavy (non-hydrogen) atoms. The number of amides is 3. The Kier molecular flexibility index (Phi) is 6.72. The Morgan fingerprint density at radius 3 is 2.76 bits per heavy atom.